The van der Waals surface area contributed by atoms with Gasteiger partial charge in [0.25, 0.3) is 11.8 Å². The predicted octanol–water partition coefficient (Wildman–Crippen LogP) is 4.77. The highest BCUT2D eigenvalue weighted by molar-refractivity contribution is 9.10. The Bertz CT molecular complexity index is 2120. The van der Waals surface area contributed by atoms with Crippen LogP contribution in [0.4, 0.5) is 4.79 Å². The molecule has 4 aromatic rings. The van der Waals surface area contributed by atoms with Crippen LogP contribution in [0.2, 0.25) is 0 Å². The fourth-order valence-electron chi connectivity index (χ4n) is 5.45. The molecule has 4 amide bonds. The number of methoxy groups -OCH3 is 1. The molecule has 0 unspecified atom stereocenters. The zero-order valence-corrected chi connectivity index (χ0v) is 31.1. The average molecular weight is 844 g/mol. The van der Waals surface area contributed by atoms with Crippen LogP contribution in [0.1, 0.15) is 71.7 Å². The molecule has 3 aromatic heterocycles. The van der Waals surface area contributed by atoms with E-state index in [1.165, 1.54) is 12.0 Å². The number of hydrogen-bond donors (Lipinski definition) is 4. The Morgan fingerprint density at radius 1 is 0.887 bits per heavy atom. The molecule has 8 rings (SSSR count). The highest BCUT2D eigenvalue weighted by Crippen LogP contribution is 2.42. The average Bonchev–Trinajstić information content (AvgIpc) is 4.04. The number of nitrogens with zero attached hydrogens (tertiary/aromatic N) is 5. The zero-order valence-electron chi connectivity index (χ0n) is 28.0. The van der Waals surface area contributed by atoms with Gasteiger partial charge in [0.2, 0.25) is 5.54 Å². The van der Waals surface area contributed by atoms with Crippen LogP contribution in [0.15, 0.2) is 82.1 Å². The maximum atomic E-state index is 13.0. The number of aromatic nitrogens is 3. The van der Waals surface area contributed by atoms with Crippen LogP contribution in [0.5, 0.6) is 5.75 Å². The summed E-state index contributed by atoms with van der Waals surface area (Å²) in [6, 6.07) is 17.5. The molecular formula is C38H37Br2N9O4. The van der Waals surface area contributed by atoms with Gasteiger partial charge in [0.05, 0.1) is 36.1 Å². The Kier molecular flexibility index (Phi) is 11.6. The second-order valence-electron chi connectivity index (χ2n) is 12.8. The van der Waals surface area contributed by atoms with Crippen molar-refractivity contribution in [3.8, 4) is 23.7 Å². The molecule has 4 aliphatic rings. The minimum atomic E-state index is -1.57. The maximum absolute atomic E-state index is 13.0. The van der Waals surface area contributed by atoms with Gasteiger partial charge >= 0.3 is 6.03 Å². The van der Waals surface area contributed by atoms with Gasteiger partial charge in [0.15, 0.2) is 0 Å². The molecule has 2 aliphatic carbocycles. The van der Waals surface area contributed by atoms with Gasteiger partial charge in [-0.05, 0) is 112 Å². The molecule has 1 saturated heterocycles. The topological polar surface area (TPSA) is 202 Å². The molecule has 2 saturated carbocycles. The molecule has 3 fully saturated rings. The monoisotopic (exact) mass is 841 g/mol. The second-order valence-corrected chi connectivity index (χ2v) is 14.7. The van der Waals surface area contributed by atoms with Crippen molar-refractivity contribution in [2.45, 2.75) is 56.3 Å². The lowest BCUT2D eigenvalue weighted by molar-refractivity contribution is -0.122. The molecule has 0 bridgehead atoms. The van der Waals surface area contributed by atoms with Gasteiger partial charge in [0.1, 0.15) is 17.5 Å². The second kappa shape index (κ2) is 15.8. The third kappa shape index (κ3) is 9.07. The Morgan fingerprint density at radius 3 is 2.00 bits per heavy atom. The third-order valence-electron chi connectivity index (χ3n) is 8.92. The normalized spacial score (nSPS) is 19.2. The number of halogens is 2. The van der Waals surface area contributed by atoms with E-state index in [-0.39, 0.29) is 31.0 Å². The number of carbonyl (C=O) groups is 3. The summed E-state index contributed by atoms with van der Waals surface area (Å²) in [6.45, 7) is 0.213. The lowest BCUT2D eigenvalue weighted by Gasteiger charge is -2.26. The van der Waals surface area contributed by atoms with Crippen LogP contribution in [0.3, 0.4) is 0 Å². The summed E-state index contributed by atoms with van der Waals surface area (Å²) < 4.78 is 7.10. The molecular weight excluding hydrogens is 806 g/mol. The van der Waals surface area contributed by atoms with Crippen LogP contribution in [-0.4, -0.2) is 56.9 Å². The van der Waals surface area contributed by atoms with E-state index < -0.39 is 17.5 Å². The molecule has 13 nitrogen and oxygen atoms in total. The summed E-state index contributed by atoms with van der Waals surface area (Å²) in [5.41, 5.74) is 14.3. The van der Waals surface area contributed by atoms with Crippen LogP contribution >= 0.6 is 31.9 Å². The Balaban J connectivity index is 0.000000209. The summed E-state index contributed by atoms with van der Waals surface area (Å²) in [4.78, 5) is 51.5. The number of carbonyl (C=O) groups excluding carboxylic acids is 3. The number of urea groups is 1. The summed E-state index contributed by atoms with van der Waals surface area (Å²) in [5.74, 6) is 5.52. The molecule has 2 aliphatic heterocycles. The van der Waals surface area contributed by atoms with Gasteiger partial charge in [-0.15, -0.1) is 0 Å². The van der Waals surface area contributed by atoms with Gasteiger partial charge in [0, 0.05) is 45.2 Å². The van der Waals surface area contributed by atoms with Crippen LogP contribution in [-0.2, 0) is 22.4 Å². The summed E-state index contributed by atoms with van der Waals surface area (Å²) in [5, 5.41) is 13.1. The number of hydrogen-bond acceptors (Lipinski definition) is 10. The number of fused-ring (bicyclic) bond motifs is 1. The van der Waals surface area contributed by atoms with Crippen molar-refractivity contribution in [3.63, 3.8) is 0 Å². The molecule has 1 aromatic carbocycles. The predicted molar refractivity (Wildman–Crippen MR) is 204 cm³/mol. The van der Waals surface area contributed by atoms with Crippen molar-refractivity contribution < 1.29 is 19.1 Å². The number of rotatable bonds is 5. The molecule has 0 radical (unpaired) electrons. The van der Waals surface area contributed by atoms with Crippen molar-refractivity contribution in [2.75, 3.05) is 13.7 Å². The van der Waals surface area contributed by atoms with Crippen LogP contribution < -0.4 is 26.8 Å². The number of imide groups is 1. The SMILES string of the molecule is C.COc1ccc2c(c1)C(=O)N(C[C@@]1(C#Cc3ccc(C4(N)CC4)nc3)NC(=O)NC1=O)C2.N#Cc1ccc(Br)cn1.NC1(c2ccc(Br)cn2)CC1. The van der Waals surface area contributed by atoms with E-state index in [0.29, 0.717) is 29.1 Å². The molecule has 0 spiro atoms. The molecule has 15 heteroatoms. The highest BCUT2D eigenvalue weighted by Gasteiger charge is 2.48. The van der Waals surface area contributed by atoms with E-state index in [1.54, 1.807) is 48.9 Å². The standard InChI is InChI=1S/C23H21N5O4.C8H9BrN2.C6H3BrN2.CH4/c1-32-16-4-3-15-12-28(19(29)17(15)10-16)13-23(20(30)26-21(31)27-23)7-6-14-2-5-18(25-11-14)22(24)8-9-22;9-6-1-2-7(11-5-6)8(10)3-4-8;7-5-1-2-6(3-8)9-4-5;/h2-5,10-11H,8-9,12-13,24H2,1H3,(H2,26,27,30,31);1-2,5H,3-4,10H2;1-2,4H;1H4/t23-;;;/m1.../s1. The van der Waals surface area contributed by atoms with Crippen molar-refractivity contribution in [3.05, 3.63) is 116 Å². The fraction of sp³-hybridized carbons (Fsp3) is 0.289. The lowest BCUT2D eigenvalue weighted by atomic mass is 9.99. The number of nitrogens with one attached hydrogen (secondary N) is 2. The van der Waals surface area contributed by atoms with Gasteiger partial charge in [-0.1, -0.05) is 25.3 Å². The Labute approximate surface area is 324 Å². The van der Waals surface area contributed by atoms with Crippen LogP contribution in [0.25, 0.3) is 0 Å². The van der Waals surface area contributed by atoms with Gasteiger partial charge < -0.3 is 26.4 Å². The number of benzene rings is 1. The number of amides is 4. The number of nitriles is 1. The van der Waals surface area contributed by atoms with Gasteiger partial charge in [-0.2, -0.15) is 5.26 Å². The summed E-state index contributed by atoms with van der Waals surface area (Å²) in [7, 11) is 1.53. The number of ether oxygens (including phenoxy) is 1. The van der Waals surface area contributed by atoms with E-state index in [4.69, 9.17) is 21.5 Å². The number of pyridine rings is 3. The molecule has 272 valence electrons. The van der Waals surface area contributed by atoms with E-state index in [2.05, 4.69) is 69.3 Å². The quantitative estimate of drug-likeness (QED) is 0.160. The summed E-state index contributed by atoms with van der Waals surface area (Å²) >= 11 is 6.53. The van der Waals surface area contributed by atoms with E-state index >= 15 is 0 Å². The smallest absolute Gasteiger partial charge is 0.323 e. The Hall–Kier alpha value is -5.19. The first kappa shape index (κ1) is 39.0. The van der Waals surface area contributed by atoms with Crippen molar-refractivity contribution in [1.82, 2.24) is 30.5 Å². The molecule has 1 atom stereocenters. The molecule has 53 heavy (non-hydrogen) atoms. The minimum Gasteiger partial charge on any atom is -0.497 e. The maximum Gasteiger partial charge on any atom is 0.323 e. The largest absolute Gasteiger partial charge is 0.497 e. The van der Waals surface area contributed by atoms with Crippen LogP contribution in [0, 0.1) is 23.2 Å². The fourth-order valence-corrected chi connectivity index (χ4v) is 5.92. The van der Waals surface area contributed by atoms with Crippen molar-refractivity contribution in [1.29, 1.82) is 5.26 Å². The first-order valence-electron chi connectivity index (χ1n) is 16.2. The molecule has 6 N–H and O–H groups in total. The Morgan fingerprint density at radius 2 is 1.51 bits per heavy atom. The number of nitrogens with two attached hydrogens (primary N) is 2. The van der Waals surface area contributed by atoms with E-state index in [9.17, 15) is 14.4 Å². The zero-order chi connectivity index (χ0) is 37.1. The van der Waals surface area contributed by atoms with Crippen molar-refractivity contribution in [2.24, 2.45) is 11.5 Å². The van der Waals surface area contributed by atoms with Gasteiger partial charge in [-0.25, -0.2) is 9.78 Å². The molecule has 5 heterocycles. The minimum absolute atomic E-state index is 0. The van der Waals surface area contributed by atoms with Gasteiger partial charge in [-0.3, -0.25) is 24.9 Å². The lowest BCUT2D eigenvalue weighted by Crippen LogP contribution is -2.54. The first-order chi connectivity index (χ1) is 24.8. The first-order valence-corrected chi connectivity index (χ1v) is 17.7. The third-order valence-corrected chi connectivity index (χ3v) is 9.85. The highest BCUT2D eigenvalue weighted by atomic mass is 79.9. The summed E-state index contributed by atoms with van der Waals surface area (Å²) in [6.07, 6.45) is 8.93. The van der Waals surface area contributed by atoms with Crippen molar-refractivity contribution >= 4 is 49.7 Å². The van der Waals surface area contributed by atoms with E-state index in [1.807, 2.05) is 30.3 Å². The van der Waals surface area contributed by atoms with E-state index in [0.717, 1.165) is 51.6 Å².